The van der Waals surface area contributed by atoms with Crippen LogP contribution in [0.25, 0.3) is 0 Å². The number of hydrogen-bond donors (Lipinski definition) is 0. The standard InChI is InChI=1S/C63H116O5/c1-4-7-10-13-16-19-22-25-27-29-31-33-35-37-40-43-46-49-52-55-58-66-59-61(68-63(65)57-54-51-48-45-42-38-24-21-18-15-12-9-6-3)60-67-62(64)56-53-50-47-44-41-39-36-34-32-30-28-26-23-20-17-14-11-8-5-2/h17,20,25-28,32,34,61H,4-16,18-19,21-24,29-31,33,35-60H2,1-3H3/b20-17-,27-25-,28-26-,34-32-. The lowest BCUT2D eigenvalue weighted by Gasteiger charge is -2.18. The Kier molecular flexibility index (Phi) is 57.3. The fraction of sp³-hybridized carbons (Fsp3) is 0.841. The van der Waals surface area contributed by atoms with E-state index in [0.29, 0.717) is 19.4 Å². The number of carbonyl (C=O) groups excluding carboxylic acids is 2. The molecule has 0 aromatic heterocycles. The van der Waals surface area contributed by atoms with Gasteiger partial charge in [0.05, 0.1) is 6.61 Å². The lowest BCUT2D eigenvalue weighted by Crippen LogP contribution is -2.30. The van der Waals surface area contributed by atoms with Crippen LogP contribution in [0.5, 0.6) is 0 Å². The van der Waals surface area contributed by atoms with Crippen LogP contribution >= 0.6 is 0 Å². The normalized spacial score (nSPS) is 12.5. The van der Waals surface area contributed by atoms with Crippen LogP contribution < -0.4 is 0 Å². The zero-order chi connectivity index (χ0) is 49.2. The highest BCUT2D eigenvalue weighted by atomic mass is 16.6. The van der Waals surface area contributed by atoms with Gasteiger partial charge < -0.3 is 14.2 Å². The van der Waals surface area contributed by atoms with E-state index in [9.17, 15) is 9.59 Å². The molecule has 5 nitrogen and oxygen atoms in total. The monoisotopic (exact) mass is 953 g/mol. The summed E-state index contributed by atoms with van der Waals surface area (Å²) in [6.45, 7) is 7.83. The summed E-state index contributed by atoms with van der Waals surface area (Å²) in [4.78, 5) is 25.5. The SMILES string of the molecule is CCCCC/C=C\C/C=C\C/C=C\CCCCCCCCC(=O)OCC(COCCCCCCCCCCCC/C=C\CCCCCCCC)OC(=O)CCCCCCCCCCCCCCC. The molecule has 0 amide bonds. The molecule has 0 aromatic rings. The van der Waals surface area contributed by atoms with Crippen LogP contribution in [0.1, 0.15) is 316 Å². The molecule has 5 heteroatoms. The first-order chi connectivity index (χ1) is 33.6. The van der Waals surface area contributed by atoms with Crippen LogP contribution in [0.15, 0.2) is 48.6 Å². The van der Waals surface area contributed by atoms with Gasteiger partial charge in [-0.15, -0.1) is 0 Å². The molecule has 1 unspecified atom stereocenters. The van der Waals surface area contributed by atoms with Crippen molar-refractivity contribution in [3.05, 3.63) is 48.6 Å². The molecule has 1 atom stereocenters. The number of rotatable bonds is 56. The van der Waals surface area contributed by atoms with Gasteiger partial charge in [0.25, 0.3) is 0 Å². The maximum Gasteiger partial charge on any atom is 0.306 e. The highest BCUT2D eigenvalue weighted by molar-refractivity contribution is 5.70. The molecule has 0 aliphatic rings. The minimum Gasteiger partial charge on any atom is -0.462 e. The first-order valence-electron chi connectivity index (χ1n) is 30.2. The summed E-state index contributed by atoms with van der Waals surface area (Å²) < 4.78 is 17.5. The Morgan fingerprint density at radius 1 is 0.324 bits per heavy atom. The minimum atomic E-state index is -0.540. The lowest BCUT2D eigenvalue weighted by molar-refractivity contribution is -0.163. The van der Waals surface area contributed by atoms with Crippen molar-refractivity contribution < 1.29 is 23.8 Å². The Balaban J connectivity index is 4.23. The Hall–Kier alpha value is -2.14. The van der Waals surface area contributed by atoms with Crippen molar-refractivity contribution >= 4 is 11.9 Å². The van der Waals surface area contributed by atoms with E-state index < -0.39 is 6.10 Å². The summed E-state index contributed by atoms with van der Waals surface area (Å²) in [6, 6.07) is 0. The highest BCUT2D eigenvalue weighted by Gasteiger charge is 2.17. The van der Waals surface area contributed by atoms with Gasteiger partial charge in [0, 0.05) is 19.4 Å². The molecule has 0 bridgehead atoms. The second-order valence-corrected chi connectivity index (χ2v) is 20.3. The average Bonchev–Trinajstić information content (AvgIpc) is 3.34. The summed E-state index contributed by atoms with van der Waals surface area (Å²) >= 11 is 0. The number of esters is 2. The third kappa shape index (κ3) is 56.4. The molecule has 0 saturated heterocycles. The van der Waals surface area contributed by atoms with E-state index in [-0.39, 0.29) is 25.2 Å². The molecule has 0 aliphatic carbocycles. The van der Waals surface area contributed by atoms with Gasteiger partial charge in [0.2, 0.25) is 0 Å². The van der Waals surface area contributed by atoms with E-state index in [1.54, 1.807) is 0 Å². The molecule has 0 N–H and O–H groups in total. The molecular weight excluding hydrogens is 837 g/mol. The predicted octanol–water partition coefficient (Wildman–Crippen LogP) is 20.7. The predicted molar refractivity (Wildman–Crippen MR) is 298 cm³/mol. The fourth-order valence-electron chi connectivity index (χ4n) is 8.81. The number of allylic oxidation sites excluding steroid dienone is 8. The largest absolute Gasteiger partial charge is 0.462 e. The maximum atomic E-state index is 12.9. The molecule has 0 aromatic carbocycles. The molecule has 0 heterocycles. The molecular formula is C63H116O5. The highest BCUT2D eigenvalue weighted by Crippen LogP contribution is 2.16. The van der Waals surface area contributed by atoms with Crippen LogP contribution in [0.4, 0.5) is 0 Å². The van der Waals surface area contributed by atoms with Gasteiger partial charge in [-0.3, -0.25) is 9.59 Å². The molecule has 0 fully saturated rings. The zero-order valence-electron chi connectivity index (χ0n) is 45.9. The van der Waals surface area contributed by atoms with E-state index in [0.717, 1.165) is 64.2 Å². The van der Waals surface area contributed by atoms with E-state index in [1.807, 2.05) is 0 Å². The Labute approximate surface area is 424 Å². The summed E-state index contributed by atoms with van der Waals surface area (Å²) in [7, 11) is 0. The van der Waals surface area contributed by atoms with Crippen molar-refractivity contribution in [2.75, 3.05) is 19.8 Å². The van der Waals surface area contributed by atoms with Crippen LogP contribution in [-0.2, 0) is 23.8 Å². The van der Waals surface area contributed by atoms with Gasteiger partial charge in [-0.25, -0.2) is 0 Å². The topological polar surface area (TPSA) is 61.8 Å². The first-order valence-corrected chi connectivity index (χ1v) is 30.2. The van der Waals surface area contributed by atoms with Crippen LogP contribution in [-0.4, -0.2) is 37.9 Å². The third-order valence-corrected chi connectivity index (χ3v) is 13.3. The lowest BCUT2D eigenvalue weighted by atomic mass is 10.0. The zero-order valence-corrected chi connectivity index (χ0v) is 45.9. The van der Waals surface area contributed by atoms with Crippen molar-refractivity contribution in [3.8, 4) is 0 Å². The molecule has 0 aliphatic heterocycles. The molecule has 0 rings (SSSR count). The molecule has 0 radical (unpaired) electrons. The van der Waals surface area contributed by atoms with Crippen molar-refractivity contribution in [1.82, 2.24) is 0 Å². The second kappa shape index (κ2) is 59.2. The van der Waals surface area contributed by atoms with E-state index in [2.05, 4.69) is 69.4 Å². The Morgan fingerprint density at radius 2 is 0.618 bits per heavy atom. The fourth-order valence-corrected chi connectivity index (χ4v) is 8.81. The van der Waals surface area contributed by atoms with Crippen molar-refractivity contribution in [3.63, 3.8) is 0 Å². The maximum absolute atomic E-state index is 12.9. The summed E-state index contributed by atoms with van der Waals surface area (Å²) in [5.41, 5.74) is 0. The Morgan fingerprint density at radius 3 is 1.03 bits per heavy atom. The van der Waals surface area contributed by atoms with Crippen LogP contribution in [0.2, 0.25) is 0 Å². The van der Waals surface area contributed by atoms with Crippen molar-refractivity contribution in [2.45, 2.75) is 322 Å². The van der Waals surface area contributed by atoms with Crippen LogP contribution in [0.3, 0.4) is 0 Å². The van der Waals surface area contributed by atoms with Gasteiger partial charge in [-0.1, -0.05) is 268 Å². The van der Waals surface area contributed by atoms with E-state index >= 15 is 0 Å². The summed E-state index contributed by atoms with van der Waals surface area (Å²) in [5.74, 6) is -0.395. The average molecular weight is 954 g/mol. The number of unbranched alkanes of at least 4 members (excludes halogenated alkanes) is 37. The quantitative estimate of drug-likeness (QED) is 0.0345. The second-order valence-electron chi connectivity index (χ2n) is 20.3. The van der Waals surface area contributed by atoms with Gasteiger partial charge in [0.1, 0.15) is 6.61 Å². The smallest absolute Gasteiger partial charge is 0.306 e. The third-order valence-electron chi connectivity index (χ3n) is 13.3. The van der Waals surface area contributed by atoms with Crippen molar-refractivity contribution in [1.29, 1.82) is 0 Å². The first kappa shape index (κ1) is 65.9. The van der Waals surface area contributed by atoms with Gasteiger partial charge in [-0.05, 0) is 83.5 Å². The summed E-state index contributed by atoms with van der Waals surface area (Å²) in [6.07, 6.45) is 74.2. The van der Waals surface area contributed by atoms with Gasteiger partial charge >= 0.3 is 11.9 Å². The van der Waals surface area contributed by atoms with E-state index in [4.69, 9.17) is 14.2 Å². The molecule has 68 heavy (non-hydrogen) atoms. The molecule has 398 valence electrons. The number of hydrogen-bond acceptors (Lipinski definition) is 5. The molecule has 0 saturated carbocycles. The van der Waals surface area contributed by atoms with E-state index in [1.165, 1.54) is 218 Å². The number of ether oxygens (including phenoxy) is 3. The van der Waals surface area contributed by atoms with Crippen molar-refractivity contribution in [2.24, 2.45) is 0 Å². The van der Waals surface area contributed by atoms with Crippen LogP contribution in [0, 0.1) is 0 Å². The summed E-state index contributed by atoms with van der Waals surface area (Å²) in [5, 5.41) is 0. The molecule has 0 spiro atoms. The number of carbonyl (C=O) groups is 2. The van der Waals surface area contributed by atoms with Gasteiger partial charge in [0.15, 0.2) is 6.10 Å². The Bertz CT molecular complexity index is 1120. The van der Waals surface area contributed by atoms with Gasteiger partial charge in [-0.2, -0.15) is 0 Å². The minimum absolute atomic E-state index is 0.0820.